The van der Waals surface area contributed by atoms with Crippen molar-refractivity contribution in [2.45, 2.75) is 26.2 Å². The minimum Gasteiger partial charge on any atom is -0.403 e. The Bertz CT molecular complexity index is 605. The Morgan fingerprint density at radius 3 is 2.43 bits per heavy atom. The molecule has 2 aromatic rings. The van der Waals surface area contributed by atoms with Gasteiger partial charge in [-0.1, -0.05) is 56.3 Å². The van der Waals surface area contributed by atoms with Crippen LogP contribution < -0.4 is 16.6 Å². The van der Waals surface area contributed by atoms with Gasteiger partial charge >= 0.3 is 0 Å². The molecule has 0 heterocycles. The van der Waals surface area contributed by atoms with Crippen LogP contribution in [0, 0.1) is 0 Å². The van der Waals surface area contributed by atoms with Crippen LogP contribution in [0.15, 0.2) is 60.9 Å². The van der Waals surface area contributed by atoms with Crippen molar-refractivity contribution < 1.29 is 0 Å². The monoisotopic (exact) mass is 281 g/mol. The van der Waals surface area contributed by atoms with Crippen molar-refractivity contribution in [2.75, 3.05) is 5.01 Å². The molecule has 0 radical (unpaired) electrons. The molecule has 0 aromatic heterocycles. The van der Waals surface area contributed by atoms with Crippen LogP contribution in [-0.2, 0) is 0 Å². The highest BCUT2D eigenvalue weighted by molar-refractivity contribution is 5.71. The van der Waals surface area contributed by atoms with E-state index in [0.717, 1.165) is 17.7 Å². The predicted octanol–water partition coefficient (Wildman–Crippen LogP) is 3.98. The highest BCUT2D eigenvalue weighted by Crippen LogP contribution is 2.33. The van der Waals surface area contributed by atoms with Crippen LogP contribution in [0.4, 0.5) is 5.69 Å². The van der Waals surface area contributed by atoms with Crippen molar-refractivity contribution >= 4 is 5.69 Å². The van der Waals surface area contributed by atoms with Gasteiger partial charge in [0.25, 0.3) is 0 Å². The summed E-state index contributed by atoms with van der Waals surface area (Å²) in [6.07, 6.45) is 4.20. The second kappa shape index (κ2) is 6.95. The molecule has 3 heteroatoms. The molecular formula is C18H23N3. The fourth-order valence-corrected chi connectivity index (χ4v) is 2.39. The molecule has 4 N–H and O–H groups in total. The minimum absolute atomic E-state index is 0.446. The molecule has 1 atom stereocenters. The van der Waals surface area contributed by atoms with E-state index < -0.39 is 0 Å². The second-order valence-electron chi connectivity index (χ2n) is 5.20. The van der Waals surface area contributed by atoms with Gasteiger partial charge in [0, 0.05) is 12.4 Å². The molecule has 0 spiro atoms. The Labute approximate surface area is 126 Å². The summed E-state index contributed by atoms with van der Waals surface area (Å²) in [4.78, 5) is 0. The third-order valence-electron chi connectivity index (χ3n) is 3.81. The van der Waals surface area contributed by atoms with E-state index in [9.17, 15) is 0 Å². The zero-order valence-corrected chi connectivity index (χ0v) is 12.7. The summed E-state index contributed by atoms with van der Waals surface area (Å²) in [6.45, 7) is 4.39. The number of hydrogen-bond acceptors (Lipinski definition) is 3. The normalized spacial score (nSPS) is 12.5. The van der Waals surface area contributed by atoms with Gasteiger partial charge in [-0.05, 0) is 35.1 Å². The number of benzene rings is 2. The summed E-state index contributed by atoms with van der Waals surface area (Å²) < 4.78 is 0. The molecule has 0 amide bonds. The molecule has 0 aliphatic rings. The Morgan fingerprint density at radius 1 is 1.10 bits per heavy atom. The summed E-state index contributed by atoms with van der Waals surface area (Å²) in [5.74, 6) is 6.56. The number of hydrazine groups is 1. The van der Waals surface area contributed by atoms with Crippen LogP contribution in [0.5, 0.6) is 0 Å². The smallest absolute Gasteiger partial charge is 0.0609 e. The Hall–Kier alpha value is -2.26. The first-order valence-corrected chi connectivity index (χ1v) is 7.29. The molecule has 0 saturated heterocycles. The summed E-state index contributed by atoms with van der Waals surface area (Å²) in [5.41, 5.74) is 10.0. The summed E-state index contributed by atoms with van der Waals surface area (Å²) in [5, 5.41) is 1.59. The largest absolute Gasteiger partial charge is 0.403 e. The lowest BCUT2D eigenvalue weighted by Crippen LogP contribution is -2.26. The lowest BCUT2D eigenvalue weighted by atomic mass is 9.93. The highest BCUT2D eigenvalue weighted by atomic mass is 15.4. The van der Waals surface area contributed by atoms with Gasteiger partial charge in [-0.15, -0.1) is 0 Å². The van der Waals surface area contributed by atoms with Crippen molar-refractivity contribution in [1.82, 2.24) is 0 Å². The lowest BCUT2D eigenvalue weighted by molar-refractivity contribution is 0.731. The summed E-state index contributed by atoms with van der Waals surface area (Å²) in [7, 11) is 0. The molecule has 110 valence electrons. The first-order valence-electron chi connectivity index (χ1n) is 7.29. The molecule has 0 saturated carbocycles. The predicted molar refractivity (Wildman–Crippen MR) is 90.6 cm³/mol. The third-order valence-corrected chi connectivity index (χ3v) is 3.81. The standard InChI is InChI=1S/C18H23N3/c1-3-14(2)17-10-9-16(15-7-5-4-6-8-15)13-18(17)21(20)12-11-19/h4-14H,3,19-20H2,1-2H3/b12-11-. The maximum absolute atomic E-state index is 6.11. The Balaban J connectivity index is 2.51. The number of anilines is 1. The van der Waals surface area contributed by atoms with E-state index in [4.69, 9.17) is 11.6 Å². The van der Waals surface area contributed by atoms with E-state index in [0.29, 0.717) is 5.92 Å². The van der Waals surface area contributed by atoms with Crippen LogP contribution in [-0.4, -0.2) is 0 Å². The van der Waals surface area contributed by atoms with E-state index in [1.807, 2.05) is 18.2 Å². The zero-order valence-electron chi connectivity index (χ0n) is 12.7. The Kier molecular flexibility index (Phi) is 5.01. The number of nitrogens with zero attached hydrogens (tertiary/aromatic N) is 1. The van der Waals surface area contributed by atoms with Gasteiger partial charge in [0.2, 0.25) is 0 Å². The fraction of sp³-hybridized carbons (Fsp3) is 0.222. The number of hydrogen-bond donors (Lipinski definition) is 2. The van der Waals surface area contributed by atoms with Crippen LogP contribution >= 0.6 is 0 Å². The molecule has 0 aliphatic carbocycles. The molecule has 3 nitrogen and oxygen atoms in total. The molecule has 2 rings (SSSR count). The first-order chi connectivity index (χ1) is 10.2. The zero-order chi connectivity index (χ0) is 15.2. The van der Waals surface area contributed by atoms with Crippen LogP contribution in [0.25, 0.3) is 11.1 Å². The van der Waals surface area contributed by atoms with Gasteiger partial charge in [-0.3, -0.25) is 5.01 Å². The van der Waals surface area contributed by atoms with Gasteiger partial charge in [-0.25, -0.2) is 5.84 Å². The molecule has 0 bridgehead atoms. The van der Waals surface area contributed by atoms with E-state index >= 15 is 0 Å². The van der Waals surface area contributed by atoms with Crippen LogP contribution in [0.3, 0.4) is 0 Å². The van der Waals surface area contributed by atoms with E-state index in [1.165, 1.54) is 17.3 Å². The summed E-state index contributed by atoms with van der Waals surface area (Å²) in [6, 6.07) is 16.7. The SMILES string of the molecule is CCC(C)c1ccc(-c2ccccc2)cc1N(N)/C=C\N. The molecule has 21 heavy (non-hydrogen) atoms. The number of rotatable bonds is 5. The Morgan fingerprint density at radius 2 is 1.81 bits per heavy atom. The average Bonchev–Trinajstić information content (AvgIpc) is 2.54. The lowest BCUT2D eigenvalue weighted by Gasteiger charge is -2.22. The first kappa shape index (κ1) is 15.1. The van der Waals surface area contributed by atoms with Crippen molar-refractivity contribution in [1.29, 1.82) is 0 Å². The van der Waals surface area contributed by atoms with Crippen molar-refractivity contribution in [3.05, 3.63) is 66.5 Å². The van der Waals surface area contributed by atoms with E-state index in [2.05, 4.69) is 44.2 Å². The van der Waals surface area contributed by atoms with Crippen molar-refractivity contribution in [2.24, 2.45) is 11.6 Å². The summed E-state index contributed by atoms with van der Waals surface area (Å²) >= 11 is 0. The van der Waals surface area contributed by atoms with Crippen molar-refractivity contribution in [3.8, 4) is 11.1 Å². The van der Waals surface area contributed by atoms with Gasteiger partial charge in [0.1, 0.15) is 0 Å². The maximum atomic E-state index is 6.11. The molecule has 0 aliphatic heterocycles. The molecule has 0 fully saturated rings. The highest BCUT2D eigenvalue weighted by Gasteiger charge is 2.13. The molecule has 2 aromatic carbocycles. The van der Waals surface area contributed by atoms with E-state index in [1.54, 1.807) is 11.2 Å². The minimum atomic E-state index is 0.446. The van der Waals surface area contributed by atoms with Gasteiger partial charge < -0.3 is 5.73 Å². The maximum Gasteiger partial charge on any atom is 0.0609 e. The topological polar surface area (TPSA) is 55.3 Å². The second-order valence-corrected chi connectivity index (χ2v) is 5.20. The van der Waals surface area contributed by atoms with Crippen LogP contribution in [0.1, 0.15) is 31.7 Å². The number of nitrogens with two attached hydrogens (primary N) is 2. The van der Waals surface area contributed by atoms with Gasteiger partial charge in [0.15, 0.2) is 0 Å². The molecular weight excluding hydrogens is 258 g/mol. The van der Waals surface area contributed by atoms with Crippen LogP contribution in [0.2, 0.25) is 0 Å². The quantitative estimate of drug-likeness (QED) is 0.644. The third kappa shape index (κ3) is 3.44. The van der Waals surface area contributed by atoms with E-state index in [-0.39, 0.29) is 0 Å². The fourth-order valence-electron chi connectivity index (χ4n) is 2.39. The average molecular weight is 281 g/mol. The van der Waals surface area contributed by atoms with Gasteiger partial charge in [0.05, 0.1) is 5.69 Å². The van der Waals surface area contributed by atoms with Gasteiger partial charge in [-0.2, -0.15) is 0 Å². The molecule has 1 unspecified atom stereocenters. The van der Waals surface area contributed by atoms with Crippen molar-refractivity contribution in [3.63, 3.8) is 0 Å².